The molecule has 0 aliphatic carbocycles. The van der Waals surface area contributed by atoms with Crippen molar-refractivity contribution >= 4 is 29.6 Å². The van der Waals surface area contributed by atoms with Crippen LogP contribution in [-0.2, 0) is 4.74 Å². The van der Waals surface area contributed by atoms with Crippen LogP contribution in [-0.4, -0.2) is 54.0 Å². The summed E-state index contributed by atoms with van der Waals surface area (Å²) in [6.07, 6.45) is 2.31. The molecule has 8 heavy (non-hydrogen) atoms. The van der Waals surface area contributed by atoms with Gasteiger partial charge in [0.05, 0.1) is 12.7 Å². The molecule has 2 nitrogen and oxygen atoms in total. The van der Waals surface area contributed by atoms with Crippen LogP contribution in [0.15, 0.2) is 0 Å². The first-order valence-electron chi connectivity index (χ1n) is 2.66. The van der Waals surface area contributed by atoms with Gasteiger partial charge in [-0.2, -0.15) is 0 Å². The fraction of sp³-hybridized carbons (Fsp3) is 1.00. The van der Waals surface area contributed by atoms with Crippen molar-refractivity contribution < 1.29 is 9.84 Å². The predicted octanol–water partition coefficient (Wildman–Crippen LogP) is -0.491. The number of aliphatic hydroxyl groups is 1. The van der Waals surface area contributed by atoms with Crippen LogP contribution in [0, 0.1) is 0 Å². The number of hydrogen-bond acceptors (Lipinski definition) is 2. The van der Waals surface area contributed by atoms with E-state index < -0.39 is 0 Å². The van der Waals surface area contributed by atoms with E-state index in [-0.39, 0.29) is 42.3 Å². The number of rotatable bonds is 1. The van der Waals surface area contributed by atoms with Gasteiger partial charge in [0.1, 0.15) is 0 Å². The molecule has 1 fully saturated rings. The van der Waals surface area contributed by atoms with E-state index in [1.807, 2.05) is 0 Å². The van der Waals surface area contributed by atoms with Crippen LogP contribution in [0.2, 0.25) is 0 Å². The van der Waals surface area contributed by atoms with Crippen molar-refractivity contribution in [3.8, 4) is 0 Å². The maximum atomic E-state index is 8.44. The summed E-state index contributed by atoms with van der Waals surface area (Å²) in [7, 11) is 0. The molecule has 1 aliphatic rings. The average molecular weight is 126 g/mol. The van der Waals surface area contributed by atoms with Gasteiger partial charge < -0.3 is 9.84 Å². The molecular formula is C5H11NaO2. The molecule has 0 bridgehead atoms. The molecule has 1 atom stereocenters. The van der Waals surface area contributed by atoms with Crippen LogP contribution in [0.25, 0.3) is 0 Å². The van der Waals surface area contributed by atoms with Gasteiger partial charge in [0.25, 0.3) is 0 Å². The quantitative estimate of drug-likeness (QED) is 0.480. The second kappa shape index (κ2) is 4.77. The van der Waals surface area contributed by atoms with E-state index in [4.69, 9.17) is 9.84 Å². The Morgan fingerprint density at radius 3 is 2.62 bits per heavy atom. The molecule has 0 saturated carbocycles. The number of aliphatic hydroxyl groups excluding tert-OH is 1. The minimum absolute atomic E-state index is 0. The second-order valence-electron chi connectivity index (χ2n) is 1.82. The first-order chi connectivity index (χ1) is 3.43. The Balaban J connectivity index is 0.000000490. The summed E-state index contributed by atoms with van der Waals surface area (Å²) in [6, 6.07) is 0. The van der Waals surface area contributed by atoms with Crippen LogP contribution >= 0.6 is 0 Å². The summed E-state index contributed by atoms with van der Waals surface area (Å²) < 4.78 is 5.05. The molecule has 0 spiro atoms. The van der Waals surface area contributed by atoms with Crippen molar-refractivity contribution in [1.29, 1.82) is 0 Å². The van der Waals surface area contributed by atoms with E-state index in [0.717, 1.165) is 19.4 Å². The van der Waals surface area contributed by atoms with Crippen molar-refractivity contribution in [1.82, 2.24) is 0 Å². The van der Waals surface area contributed by atoms with E-state index in [9.17, 15) is 0 Å². The van der Waals surface area contributed by atoms with Crippen LogP contribution in [0.1, 0.15) is 12.8 Å². The SMILES string of the molecule is OCC1CCCO1.[NaH]. The van der Waals surface area contributed by atoms with Crippen molar-refractivity contribution in [3.05, 3.63) is 0 Å². The maximum absolute atomic E-state index is 8.44. The van der Waals surface area contributed by atoms with Gasteiger partial charge in [-0.15, -0.1) is 0 Å². The normalized spacial score (nSPS) is 27.4. The molecule has 1 saturated heterocycles. The Labute approximate surface area is 71.5 Å². The summed E-state index contributed by atoms with van der Waals surface area (Å²) in [5, 5.41) is 8.44. The molecule has 0 aromatic rings. The van der Waals surface area contributed by atoms with Crippen molar-refractivity contribution in [3.63, 3.8) is 0 Å². The van der Waals surface area contributed by atoms with Crippen LogP contribution < -0.4 is 0 Å². The van der Waals surface area contributed by atoms with Gasteiger partial charge in [-0.3, -0.25) is 0 Å². The number of hydrogen-bond donors (Lipinski definition) is 1. The third-order valence-electron chi connectivity index (χ3n) is 1.23. The Morgan fingerprint density at radius 1 is 1.62 bits per heavy atom. The summed E-state index contributed by atoms with van der Waals surface area (Å²) in [5.41, 5.74) is 0. The Morgan fingerprint density at radius 2 is 2.38 bits per heavy atom. The van der Waals surface area contributed by atoms with Crippen molar-refractivity contribution in [2.45, 2.75) is 18.9 Å². The fourth-order valence-corrected chi connectivity index (χ4v) is 0.788. The Hall–Kier alpha value is 0.920. The van der Waals surface area contributed by atoms with Gasteiger partial charge in [0.15, 0.2) is 0 Å². The van der Waals surface area contributed by atoms with Crippen molar-refractivity contribution in [2.75, 3.05) is 13.2 Å². The van der Waals surface area contributed by atoms with Crippen LogP contribution in [0.3, 0.4) is 0 Å². The summed E-state index contributed by atoms with van der Waals surface area (Å²) in [6.45, 7) is 1.03. The van der Waals surface area contributed by atoms with E-state index in [2.05, 4.69) is 0 Å². The van der Waals surface area contributed by atoms with Gasteiger partial charge in [0.2, 0.25) is 0 Å². The number of ether oxygens (including phenoxy) is 1. The molecule has 0 aromatic carbocycles. The minimum atomic E-state index is 0. The third kappa shape index (κ3) is 2.46. The standard InChI is InChI=1S/C5H10O2.Na.H/c6-4-5-2-1-3-7-5;;/h5-6H,1-4H2;;. The molecule has 44 valence electrons. The molecule has 0 amide bonds. The molecule has 1 aliphatic heterocycles. The topological polar surface area (TPSA) is 29.5 Å². The van der Waals surface area contributed by atoms with Gasteiger partial charge in [-0.1, -0.05) is 0 Å². The summed E-state index contributed by atoms with van der Waals surface area (Å²) in [5.74, 6) is 0. The molecule has 0 radical (unpaired) electrons. The van der Waals surface area contributed by atoms with E-state index >= 15 is 0 Å². The summed E-state index contributed by atoms with van der Waals surface area (Å²) in [4.78, 5) is 0. The first-order valence-corrected chi connectivity index (χ1v) is 2.66. The zero-order valence-electron chi connectivity index (χ0n) is 4.26. The molecule has 1 N–H and O–H groups in total. The van der Waals surface area contributed by atoms with E-state index in [1.165, 1.54) is 0 Å². The van der Waals surface area contributed by atoms with Gasteiger partial charge in [0, 0.05) is 6.61 Å². The van der Waals surface area contributed by atoms with Crippen LogP contribution in [0.4, 0.5) is 0 Å². The molecule has 1 unspecified atom stereocenters. The van der Waals surface area contributed by atoms with E-state index in [0.29, 0.717) is 0 Å². The first kappa shape index (κ1) is 8.92. The zero-order chi connectivity index (χ0) is 5.11. The Kier molecular flexibility index (Phi) is 5.31. The molecule has 1 heterocycles. The van der Waals surface area contributed by atoms with Crippen molar-refractivity contribution in [2.24, 2.45) is 0 Å². The average Bonchev–Trinajstić information content (AvgIpc) is 2.14. The predicted molar refractivity (Wildman–Crippen MR) is 33.2 cm³/mol. The zero-order valence-corrected chi connectivity index (χ0v) is 4.26. The van der Waals surface area contributed by atoms with Gasteiger partial charge in [-0.25, -0.2) is 0 Å². The molecule has 0 aromatic heterocycles. The molecular weight excluding hydrogens is 115 g/mol. The second-order valence-corrected chi connectivity index (χ2v) is 1.82. The molecule has 1 rings (SSSR count). The third-order valence-corrected chi connectivity index (χ3v) is 1.23. The van der Waals surface area contributed by atoms with Crippen LogP contribution in [0.5, 0.6) is 0 Å². The fourth-order valence-electron chi connectivity index (χ4n) is 0.788. The summed E-state index contributed by atoms with van der Waals surface area (Å²) >= 11 is 0. The molecule has 3 heteroatoms. The van der Waals surface area contributed by atoms with E-state index in [1.54, 1.807) is 0 Å². The van der Waals surface area contributed by atoms with Gasteiger partial charge in [-0.05, 0) is 12.8 Å². The monoisotopic (exact) mass is 126 g/mol. The Bertz CT molecular complexity index is 52.4. The van der Waals surface area contributed by atoms with Gasteiger partial charge >= 0.3 is 29.6 Å².